The first kappa shape index (κ1) is 15.3. The Morgan fingerprint density at radius 1 is 1.43 bits per heavy atom. The predicted octanol–water partition coefficient (Wildman–Crippen LogP) is 2.28. The summed E-state index contributed by atoms with van der Waals surface area (Å²) in [6, 6.07) is 11.7. The number of nitrogens with one attached hydrogen (secondary N) is 1. The van der Waals surface area contributed by atoms with E-state index in [-0.39, 0.29) is 0 Å². The first-order chi connectivity index (χ1) is 10.2. The highest BCUT2D eigenvalue weighted by molar-refractivity contribution is 7.99. The molecule has 0 unspecified atom stereocenters. The molecule has 0 spiro atoms. The van der Waals surface area contributed by atoms with E-state index >= 15 is 0 Å². The van der Waals surface area contributed by atoms with Gasteiger partial charge in [0.15, 0.2) is 0 Å². The van der Waals surface area contributed by atoms with E-state index in [0.29, 0.717) is 12.1 Å². The third-order valence-corrected chi connectivity index (χ3v) is 6.09. The van der Waals surface area contributed by atoms with Gasteiger partial charge in [-0.15, -0.1) is 0 Å². The Morgan fingerprint density at radius 3 is 2.95 bits per heavy atom. The molecule has 3 nitrogen and oxygen atoms in total. The molecule has 0 aliphatic carbocycles. The van der Waals surface area contributed by atoms with E-state index in [1.807, 2.05) is 11.8 Å². The van der Waals surface area contributed by atoms with Gasteiger partial charge in [0.2, 0.25) is 0 Å². The van der Waals surface area contributed by atoms with E-state index in [2.05, 4.69) is 47.5 Å². The zero-order valence-corrected chi connectivity index (χ0v) is 13.6. The predicted molar refractivity (Wildman–Crippen MR) is 89.7 cm³/mol. The molecule has 2 N–H and O–H groups in total. The van der Waals surface area contributed by atoms with Crippen LogP contribution in [0.25, 0.3) is 0 Å². The van der Waals surface area contributed by atoms with Crippen LogP contribution >= 0.6 is 11.8 Å². The number of likely N-dealkylation sites (tertiary alicyclic amines) is 1. The minimum atomic E-state index is -0.469. The van der Waals surface area contributed by atoms with Gasteiger partial charge in [-0.2, -0.15) is 11.8 Å². The number of thioether (sulfide) groups is 1. The topological polar surface area (TPSA) is 35.5 Å². The van der Waals surface area contributed by atoms with E-state index < -0.39 is 5.60 Å². The Bertz CT molecular complexity index is 447. The van der Waals surface area contributed by atoms with Gasteiger partial charge < -0.3 is 10.4 Å². The van der Waals surface area contributed by atoms with Crippen LogP contribution in [0, 0.1) is 0 Å². The number of benzene rings is 1. The minimum Gasteiger partial charge on any atom is -0.388 e. The quantitative estimate of drug-likeness (QED) is 0.875. The lowest BCUT2D eigenvalue weighted by atomic mass is 10.0. The standard InChI is InChI=1S/C17H26N2OS/c1-14(15-5-3-2-4-6-15)19-9-7-16(11-19)18-12-17(20)8-10-21-13-17/h2-6,14,16,18,20H,7-13H2,1H3/t14-,16+,17-/m1/s1. The number of nitrogens with zero attached hydrogens (tertiary/aromatic N) is 1. The fraction of sp³-hybridized carbons (Fsp3) is 0.647. The molecule has 116 valence electrons. The normalized spacial score (nSPS) is 31.6. The fourth-order valence-corrected chi connectivity index (χ4v) is 4.61. The molecule has 2 heterocycles. The maximum absolute atomic E-state index is 10.4. The third-order valence-electron chi connectivity index (χ3n) is 4.85. The first-order valence-electron chi connectivity index (χ1n) is 7.99. The largest absolute Gasteiger partial charge is 0.388 e. The molecule has 0 amide bonds. The summed E-state index contributed by atoms with van der Waals surface area (Å²) in [5, 5.41) is 14.0. The van der Waals surface area contributed by atoms with Crippen molar-refractivity contribution < 1.29 is 5.11 Å². The van der Waals surface area contributed by atoms with Crippen molar-refractivity contribution in [3.05, 3.63) is 35.9 Å². The summed E-state index contributed by atoms with van der Waals surface area (Å²) in [5.74, 6) is 1.98. The molecular weight excluding hydrogens is 280 g/mol. The van der Waals surface area contributed by atoms with Crippen molar-refractivity contribution in [1.82, 2.24) is 10.2 Å². The Labute approximate surface area is 132 Å². The SMILES string of the molecule is C[C@H](c1ccccc1)N1CC[C@H](NC[C@]2(O)CCSC2)C1. The van der Waals surface area contributed by atoms with Gasteiger partial charge in [0, 0.05) is 37.5 Å². The lowest BCUT2D eigenvalue weighted by Crippen LogP contribution is -2.45. The van der Waals surface area contributed by atoms with E-state index in [1.54, 1.807) is 0 Å². The third kappa shape index (κ3) is 3.81. The highest BCUT2D eigenvalue weighted by atomic mass is 32.2. The molecule has 2 aliphatic rings. The summed E-state index contributed by atoms with van der Waals surface area (Å²) in [7, 11) is 0. The molecule has 1 aromatic carbocycles. The van der Waals surface area contributed by atoms with Crippen molar-refractivity contribution in [3.8, 4) is 0 Å². The minimum absolute atomic E-state index is 0.469. The van der Waals surface area contributed by atoms with Gasteiger partial charge >= 0.3 is 0 Å². The van der Waals surface area contributed by atoms with Crippen molar-refractivity contribution >= 4 is 11.8 Å². The molecule has 0 saturated carbocycles. The zero-order valence-electron chi connectivity index (χ0n) is 12.8. The van der Waals surface area contributed by atoms with Crippen LogP contribution in [-0.4, -0.2) is 52.8 Å². The summed E-state index contributed by atoms with van der Waals surface area (Å²) in [6.45, 7) is 5.26. The van der Waals surface area contributed by atoms with Crippen LogP contribution in [-0.2, 0) is 0 Å². The summed E-state index contributed by atoms with van der Waals surface area (Å²) < 4.78 is 0. The van der Waals surface area contributed by atoms with Crippen molar-refractivity contribution in [3.63, 3.8) is 0 Å². The smallest absolute Gasteiger partial charge is 0.0869 e. The summed E-state index contributed by atoms with van der Waals surface area (Å²) in [6.07, 6.45) is 2.11. The second kappa shape index (κ2) is 6.69. The Balaban J connectivity index is 1.49. The van der Waals surface area contributed by atoms with Crippen molar-refractivity contribution in [2.45, 2.75) is 37.5 Å². The van der Waals surface area contributed by atoms with Crippen molar-refractivity contribution in [2.24, 2.45) is 0 Å². The van der Waals surface area contributed by atoms with E-state index in [9.17, 15) is 5.11 Å². The molecule has 2 fully saturated rings. The summed E-state index contributed by atoms with van der Waals surface area (Å²) in [4.78, 5) is 2.54. The number of aliphatic hydroxyl groups is 1. The lowest BCUT2D eigenvalue weighted by Gasteiger charge is -2.26. The van der Waals surface area contributed by atoms with Crippen LogP contribution in [0.5, 0.6) is 0 Å². The first-order valence-corrected chi connectivity index (χ1v) is 9.14. The van der Waals surface area contributed by atoms with Crippen LogP contribution in [0.15, 0.2) is 30.3 Å². The fourth-order valence-electron chi connectivity index (χ4n) is 3.32. The Morgan fingerprint density at radius 2 is 2.24 bits per heavy atom. The molecule has 2 aliphatic heterocycles. The van der Waals surface area contributed by atoms with E-state index in [4.69, 9.17) is 0 Å². The van der Waals surface area contributed by atoms with E-state index in [0.717, 1.165) is 37.6 Å². The lowest BCUT2D eigenvalue weighted by molar-refractivity contribution is 0.0646. The number of hydrogen-bond acceptors (Lipinski definition) is 4. The van der Waals surface area contributed by atoms with Gasteiger partial charge in [0.25, 0.3) is 0 Å². The molecule has 1 aromatic rings. The van der Waals surface area contributed by atoms with Gasteiger partial charge in [-0.1, -0.05) is 30.3 Å². The number of rotatable bonds is 5. The molecule has 0 aromatic heterocycles. The molecule has 3 rings (SSSR count). The van der Waals surface area contributed by atoms with Crippen LogP contribution in [0.2, 0.25) is 0 Å². The second-order valence-corrected chi connectivity index (χ2v) is 7.58. The molecule has 0 bridgehead atoms. The van der Waals surface area contributed by atoms with Gasteiger partial charge in [0.05, 0.1) is 5.60 Å². The highest BCUT2D eigenvalue weighted by Crippen LogP contribution is 2.28. The Hall–Kier alpha value is -0.550. The van der Waals surface area contributed by atoms with Gasteiger partial charge in [-0.3, -0.25) is 4.90 Å². The van der Waals surface area contributed by atoms with Gasteiger partial charge in [-0.05, 0) is 31.1 Å². The molecule has 3 atom stereocenters. The average molecular weight is 306 g/mol. The summed E-state index contributed by atoms with van der Waals surface area (Å²) in [5.41, 5.74) is 0.923. The van der Waals surface area contributed by atoms with Crippen molar-refractivity contribution in [1.29, 1.82) is 0 Å². The highest BCUT2D eigenvalue weighted by Gasteiger charge is 2.33. The number of hydrogen-bond donors (Lipinski definition) is 2. The van der Waals surface area contributed by atoms with Gasteiger partial charge in [-0.25, -0.2) is 0 Å². The van der Waals surface area contributed by atoms with Crippen LogP contribution in [0.3, 0.4) is 0 Å². The van der Waals surface area contributed by atoms with Crippen LogP contribution < -0.4 is 5.32 Å². The second-order valence-electron chi connectivity index (χ2n) is 6.48. The van der Waals surface area contributed by atoms with Gasteiger partial charge in [0.1, 0.15) is 0 Å². The van der Waals surface area contributed by atoms with Crippen LogP contribution in [0.4, 0.5) is 0 Å². The average Bonchev–Trinajstić information content (AvgIpc) is 3.15. The molecular formula is C17H26N2OS. The molecule has 21 heavy (non-hydrogen) atoms. The molecule has 4 heteroatoms. The van der Waals surface area contributed by atoms with E-state index in [1.165, 1.54) is 12.0 Å². The van der Waals surface area contributed by atoms with Crippen molar-refractivity contribution in [2.75, 3.05) is 31.1 Å². The maximum Gasteiger partial charge on any atom is 0.0869 e. The maximum atomic E-state index is 10.4. The van der Waals surface area contributed by atoms with Crippen LogP contribution in [0.1, 0.15) is 31.4 Å². The zero-order chi connectivity index (χ0) is 14.7. The molecule has 2 saturated heterocycles. The summed E-state index contributed by atoms with van der Waals surface area (Å²) >= 11 is 1.87. The monoisotopic (exact) mass is 306 g/mol. The Kier molecular flexibility index (Phi) is 4.89. The molecule has 0 radical (unpaired) electrons.